The molecule has 0 amide bonds. The van der Waals surface area contributed by atoms with Crippen LogP contribution >= 0.6 is 0 Å². The van der Waals surface area contributed by atoms with E-state index in [0.29, 0.717) is 0 Å². The van der Waals surface area contributed by atoms with Gasteiger partial charge in [0.1, 0.15) is 5.82 Å². The molecule has 1 aromatic carbocycles. The van der Waals surface area contributed by atoms with Crippen LogP contribution in [0.2, 0.25) is 0 Å². The third kappa shape index (κ3) is 1.99. The van der Waals surface area contributed by atoms with Gasteiger partial charge in [0.15, 0.2) is 0 Å². The van der Waals surface area contributed by atoms with E-state index in [1.165, 1.54) is 5.56 Å². The minimum absolute atomic E-state index is 0.135. The largest absolute Gasteiger partial charge is 0.334 e. The molecular formula is C13H17N3. The molecule has 2 N–H and O–H groups in total. The SMILES string of the molecule is CCC(N)c1ccc(-c2nccn2C)cc1. The first-order chi connectivity index (χ1) is 7.72. The van der Waals surface area contributed by atoms with Crippen LogP contribution in [0.1, 0.15) is 24.9 Å². The quantitative estimate of drug-likeness (QED) is 0.854. The Balaban J connectivity index is 2.30. The third-order valence-corrected chi connectivity index (χ3v) is 2.86. The topological polar surface area (TPSA) is 43.8 Å². The zero-order valence-corrected chi connectivity index (χ0v) is 9.72. The summed E-state index contributed by atoms with van der Waals surface area (Å²) < 4.78 is 2.01. The van der Waals surface area contributed by atoms with Crippen LogP contribution in [0.4, 0.5) is 0 Å². The molecule has 2 aromatic rings. The van der Waals surface area contributed by atoms with E-state index in [2.05, 4.69) is 36.2 Å². The monoisotopic (exact) mass is 215 g/mol. The maximum atomic E-state index is 5.97. The van der Waals surface area contributed by atoms with Gasteiger partial charge in [0.2, 0.25) is 0 Å². The van der Waals surface area contributed by atoms with Crippen molar-refractivity contribution in [3.8, 4) is 11.4 Å². The van der Waals surface area contributed by atoms with E-state index in [9.17, 15) is 0 Å². The second-order valence-electron chi connectivity index (χ2n) is 4.00. The predicted molar refractivity (Wildman–Crippen MR) is 65.9 cm³/mol. The van der Waals surface area contributed by atoms with Gasteiger partial charge in [-0.1, -0.05) is 31.2 Å². The van der Waals surface area contributed by atoms with Gasteiger partial charge in [-0.3, -0.25) is 0 Å². The number of aromatic nitrogens is 2. The fourth-order valence-electron chi connectivity index (χ4n) is 1.76. The van der Waals surface area contributed by atoms with Crippen LogP contribution in [-0.2, 0) is 7.05 Å². The average molecular weight is 215 g/mol. The summed E-state index contributed by atoms with van der Waals surface area (Å²) in [7, 11) is 1.99. The first-order valence-corrected chi connectivity index (χ1v) is 5.55. The van der Waals surface area contributed by atoms with E-state index in [1.54, 1.807) is 6.20 Å². The van der Waals surface area contributed by atoms with Crippen molar-refractivity contribution in [2.24, 2.45) is 12.8 Å². The minimum atomic E-state index is 0.135. The summed E-state index contributed by atoms with van der Waals surface area (Å²) >= 11 is 0. The van der Waals surface area contributed by atoms with Crippen LogP contribution in [0, 0.1) is 0 Å². The standard InChI is InChI=1S/C13H17N3/c1-3-12(14)10-4-6-11(7-5-10)13-15-8-9-16(13)2/h4-9,12H,3,14H2,1-2H3. The number of rotatable bonds is 3. The predicted octanol–water partition coefficient (Wildman–Crippen LogP) is 2.50. The summed E-state index contributed by atoms with van der Waals surface area (Å²) in [5.74, 6) is 0.983. The normalized spacial score (nSPS) is 12.7. The Labute approximate surface area is 95.9 Å². The van der Waals surface area contributed by atoms with Crippen molar-refractivity contribution in [1.29, 1.82) is 0 Å². The number of benzene rings is 1. The van der Waals surface area contributed by atoms with Gasteiger partial charge in [0.05, 0.1) is 0 Å². The van der Waals surface area contributed by atoms with Crippen molar-refractivity contribution in [3.63, 3.8) is 0 Å². The molecule has 0 aliphatic heterocycles. The Morgan fingerprint density at radius 2 is 2.00 bits per heavy atom. The molecule has 0 saturated carbocycles. The Hall–Kier alpha value is -1.61. The molecule has 0 bridgehead atoms. The van der Waals surface area contributed by atoms with E-state index < -0.39 is 0 Å². The molecule has 0 aliphatic rings. The number of hydrogen-bond donors (Lipinski definition) is 1. The molecule has 0 spiro atoms. The van der Waals surface area contributed by atoms with Gasteiger partial charge in [-0.2, -0.15) is 0 Å². The molecule has 1 atom stereocenters. The van der Waals surface area contributed by atoms with Crippen molar-refractivity contribution >= 4 is 0 Å². The van der Waals surface area contributed by atoms with Crippen LogP contribution in [-0.4, -0.2) is 9.55 Å². The van der Waals surface area contributed by atoms with Crippen molar-refractivity contribution in [2.75, 3.05) is 0 Å². The van der Waals surface area contributed by atoms with Crippen LogP contribution in [0.15, 0.2) is 36.7 Å². The Morgan fingerprint density at radius 1 is 1.31 bits per heavy atom. The lowest BCUT2D eigenvalue weighted by molar-refractivity contribution is 0.699. The van der Waals surface area contributed by atoms with Crippen molar-refractivity contribution in [3.05, 3.63) is 42.2 Å². The first-order valence-electron chi connectivity index (χ1n) is 5.55. The number of aryl methyl sites for hydroxylation is 1. The molecular weight excluding hydrogens is 198 g/mol. The van der Waals surface area contributed by atoms with Gasteiger partial charge in [-0.25, -0.2) is 4.98 Å². The highest BCUT2D eigenvalue weighted by atomic mass is 15.0. The highest BCUT2D eigenvalue weighted by molar-refractivity contribution is 5.56. The zero-order valence-electron chi connectivity index (χ0n) is 9.72. The van der Waals surface area contributed by atoms with Crippen LogP contribution in [0.5, 0.6) is 0 Å². The Morgan fingerprint density at radius 3 is 2.50 bits per heavy atom. The Kier molecular flexibility index (Phi) is 3.06. The maximum absolute atomic E-state index is 5.97. The molecule has 0 aliphatic carbocycles. The van der Waals surface area contributed by atoms with Crippen LogP contribution < -0.4 is 5.73 Å². The van der Waals surface area contributed by atoms with Crippen molar-refractivity contribution in [2.45, 2.75) is 19.4 Å². The zero-order chi connectivity index (χ0) is 11.5. The van der Waals surface area contributed by atoms with Gasteiger partial charge in [0, 0.05) is 31.0 Å². The molecule has 1 heterocycles. The molecule has 2 rings (SSSR count). The summed E-state index contributed by atoms with van der Waals surface area (Å²) in [6.07, 6.45) is 4.71. The molecule has 0 radical (unpaired) electrons. The lowest BCUT2D eigenvalue weighted by Gasteiger charge is -2.09. The number of nitrogens with two attached hydrogens (primary N) is 1. The summed E-state index contributed by atoms with van der Waals surface area (Å²) in [6, 6.07) is 8.45. The third-order valence-electron chi connectivity index (χ3n) is 2.86. The summed E-state index contributed by atoms with van der Waals surface area (Å²) in [6.45, 7) is 2.09. The fraction of sp³-hybridized carbons (Fsp3) is 0.308. The summed E-state index contributed by atoms with van der Waals surface area (Å²) in [4.78, 5) is 4.31. The van der Waals surface area contributed by atoms with Crippen molar-refractivity contribution in [1.82, 2.24) is 9.55 Å². The fourth-order valence-corrected chi connectivity index (χ4v) is 1.76. The first kappa shape index (κ1) is 10.9. The molecule has 1 unspecified atom stereocenters. The van der Waals surface area contributed by atoms with Crippen LogP contribution in [0.3, 0.4) is 0 Å². The van der Waals surface area contributed by atoms with Crippen LogP contribution in [0.25, 0.3) is 11.4 Å². The summed E-state index contributed by atoms with van der Waals surface area (Å²) in [5.41, 5.74) is 8.28. The van der Waals surface area contributed by atoms with E-state index in [0.717, 1.165) is 17.8 Å². The number of hydrogen-bond acceptors (Lipinski definition) is 2. The van der Waals surface area contributed by atoms with Gasteiger partial charge in [-0.05, 0) is 12.0 Å². The minimum Gasteiger partial charge on any atom is -0.334 e. The van der Waals surface area contributed by atoms with Gasteiger partial charge >= 0.3 is 0 Å². The van der Waals surface area contributed by atoms with Gasteiger partial charge in [0.25, 0.3) is 0 Å². The Bertz CT molecular complexity index is 456. The molecule has 16 heavy (non-hydrogen) atoms. The lowest BCUT2D eigenvalue weighted by atomic mass is 10.0. The summed E-state index contributed by atoms with van der Waals surface area (Å²) in [5, 5.41) is 0. The van der Waals surface area contributed by atoms with Crippen molar-refractivity contribution < 1.29 is 0 Å². The van der Waals surface area contributed by atoms with Gasteiger partial charge < -0.3 is 10.3 Å². The highest BCUT2D eigenvalue weighted by Crippen LogP contribution is 2.20. The lowest BCUT2D eigenvalue weighted by Crippen LogP contribution is -2.08. The number of imidazole rings is 1. The molecule has 3 nitrogen and oxygen atoms in total. The van der Waals surface area contributed by atoms with E-state index in [1.807, 2.05) is 17.8 Å². The molecule has 1 aromatic heterocycles. The van der Waals surface area contributed by atoms with Gasteiger partial charge in [-0.15, -0.1) is 0 Å². The molecule has 3 heteroatoms. The second-order valence-corrected chi connectivity index (χ2v) is 4.00. The molecule has 84 valence electrons. The second kappa shape index (κ2) is 4.49. The average Bonchev–Trinajstić information content (AvgIpc) is 2.75. The highest BCUT2D eigenvalue weighted by Gasteiger charge is 2.05. The van der Waals surface area contributed by atoms with E-state index in [-0.39, 0.29) is 6.04 Å². The smallest absolute Gasteiger partial charge is 0.139 e. The van der Waals surface area contributed by atoms with E-state index >= 15 is 0 Å². The maximum Gasteiger partial charge on any atom is 0.139 e. The molecule has 0 fully saturated rings. The molecule has 0 saturated heterocycles. The van der Waals surface area contributed by atoms with E-state index in [4.69, 9.17) is 5.73 Å². The number of nitrogens with zero attached hydrogens (tertiary/aromatic N) is 2.